The maximum absolute atomic E-state index is 12.0. The summed E-state index contributed by atoms with van der Waals surface area (Å²) in [6.07, 6.45) is 4.20. The van der Waals surface area contributed by atoms with Crippen LogP contribution >= 0.6 is 11.6 Å². The van der Waals surface area contributed by atoms with Gasteiger partial charge in [-0.15, -0.1) is 11.6 Å². The lowest BCUT2D eigenvalue weighted by molar-refractivity contribution is 0.0911. The average molecular weight is 287 g/mol. The van der Waals surface area contributed by atoms with Gasteiger partial charge in [0.1, 0.15) is 6.61 Å². The van der Waals surface area contributed by atoms with Crippen molar-refractivity contribution in [3.8, 4) is 0 Å². The number of hydrogen-bond acceptors (Lipinski definition) is 4. The molecule has 0 bridgehead atoms. The Morgan fingerprint density at radius 3 is 3.21 bits per heavy atom. The van der Waals surface area contributed by atoms with E-state index < -0.39 is 0 Å². The quantitative estimate of drug-likeness (QED) is 0.844. The zero-order chi connectivity index (χ0) is 13.7. The average Bonchev–Trinajstić information content (AvgIpc) is 2.88. The summed E-state index contributed by atoms with van der Waals surface area (Å²) in [4.78, 5) is 12.0. The molecule has 1 fully saturated rings. The maximum Gasteiger partial charge on any atom is 0.273 e. The summed E-state index contributed by atoms with van der Waals surface area (Å²) < 4.78 is 9.92. The van der Waals surface area contributed by atoms with Crippen molar-refractivity contribution < 1.29 is 14.1 Å². The Balaban J connectivity index is 1.88. The van der Waals surface area contributed by atoms with Gasteiger partial charge in [0.2, 0.25) is 0 Å². The summed E-state index contributed by atoms with van der Waals surface area (Å²) in [6.45, 7) is 0.317. The third-order valence-corrected chi connectivity index (χ3v) is 3.85. The van der Waals surface area contributed by atoms with Crippen LogP contribution < -0.4 is 5.32 Å². The third-order valence-electron chi connectivity index (χ3n) is 3.41. The lowest BCUT2D eigenvalue weighted by atomic mass is 9.87. The van der Waals surface area contributed by atoms with Gasteiger partial charge in [0, 0.05) is 25.1 Å². The summed E-state index contributed by atoms with van der Waals surface area (Å²) in [6, 6.07) is 1.80. The minimum atomic E-state index is -0.189. The molecule has 2 atom stereocenters. The van der Waals surface area contributed by atoms with Crippen molar-refractivity contribution >= 4 is 17.5 Å². The summed E-state index contributed by atoms with van der Waals surface area (Å²) in [7, 11) is 1.57. The second kappa shape index (κ2) is 6.91. The van der Waals surface area contributed by atoms with Gasteiger partial charge in [0.05, 0.1) is 0 Å². The summed E-state index contributed by atoms with van der Waals surface area (Å²) >= 11 is 5.88. The highest BCUT2D eigenvalue weighted by atomic mass is 35.5. The van der Waals surface area contributed by atoms with Crippen molar-refractivity contribution in [1.82, 2.24) is 10.5 Å². The molecule has 1 aromatic rings. The highest BCUT2D eigenvalue weighted by Crippen LogP contribution is 2.25. The van der Waals surface area contributed by atoms with E-state index in [-0.39, 0.29) is 11.9 Å². The molecule has 2 rings (SSSR count). The van der Waals surface area contributed by atoms with E-state index in [0.717, 1.165) is 25.7 Å². The number of aromatic nitrogens is 1. The molecule has 19 heavy (non-hydrogen) atoms. The molecule has 1 aromatic heterocycles. The van der Waals surface area contributed by atoms with E-state index in [1.54, 1.807) is 13.2 Å². The number of ether oxygens (including phenoxy) is 1. The Bertz CT molecular complexity index is 422. The molecule has 0 spiro atoms. The number of amides is 1. The molecule has 0 aliphatic heterocycles. The van der Waals surface area contributed by atoms with Crippen LogP contribution in [0.2, 0.25) is 0 Å². The smallest absolute Gasteiger partial charge is 0.273 e. The highest BCUT2D eigenvalue weighted by Gasteiger charge is 2.24. The van der Waals surface area contributed by atoms with Crippen LogP contribution in [0.3, 0.4) is 0 Å². The number of halogens is 1. The van der Waals surface area contributed by atoms with Crippen LogP contribution in [-0.4, -0.2) is 30.1 Å². The van der Waals surface area contributed by atoms with Crippen LogP contribution in [0, 0.1) is 5.92 Å². The molecule has 106 valence electrons. The first-order chi connectivity index (χ1) is 9.22. The Labute approximate surface area is 117 Å². The van der Waals surface area contributed by atoms with Gasteiger partial charge >= 0.3 is 0 Å². The van der Waals surface area contributed by atoms with E-state index in [1.165, 1.54) is 0 Å². The summed E-state index contributed by atoms with van der Waals surface area (Å²) in [5.74, 6) is 1.53. The van der Waals surface area contributed by atoms with E-state index in [4.69, 9.17) is 20.9 Å². The van der Waals surface area contributed by atoms with Crippen LogP contribution in [0.25, 0.3) is 0 Å². The fourth-order valence-corrected chi connectivity index (χ4v) is 2.73. The first-order valence-electron chi connectivity index (χ1n) is 6.54. The number of nitrogens with one attached hydrogen (secondary N) is 1. The SMILES string of the molecule is COCc1cc(C(=O)NC2CCCC(CCl)C2)no1. The van der Waals surface area contributed by atoms with Crippen molar-refractivity contribution in [3.63, 3.8) is 0 Å². The molecule has 1 heterocycles. The van der Waals surface area contributed by atoms with Crippen LogP contribution in [0.15, 0.2) is 10.6 Å². The van der Waals surface area contributed by atoms with Gasteiger partial charge in [-0.2, -0.15) is 0 Å². The van der Waals surface area contributed by atoms with E-state index >= 15 is 0 Å². The minimum Gasteiger partial charge on any atom is -0.377 e. The molecule has 0 radical (unpaired) electrons. The van der Waals surface area contributed by atoms with Crippen LogP contribution in [0.1, 0.15) is 41.9 Å². The van der Waals surface area contributed by atoms with Gasteiger partial charge in [-0.25, -0.2) is 0 Å². The van der Waals surface area contributed by atoms with E-state index in [2.05, 4.69) is 10.5 Å². The first-order valence-corrected chi connectivity index (χ1v) is 7.07. The predicted octanol–water partition coefficient (Wildman–Crippen LogP) is 2.35. The molecule has 0 saturated heterocycles. The molecule has 1 aliphatic rings. The largest absolute Gasteiger partial charge is 0.377 e. The topological polar surface area (TPSA) is 64.4 Å². The number of hydrogen-bond donors (Lipinski definition) is 1. The van der Waals surface area contributed by atoms with Gasteiger partial charge in [0.15, 0.2) is 11.5 Å². The minimum absolute atomic E-state index is 0.188. The fraction of sp³-hybridized carbons (Fsp3) is 0.692. The van der Waals surface area contributed by atoms with Gasteiger partial charge in [0.25, 0.3) is 5.91 Å². The second-order valence-electron chi connectivity index (χ2n) is 4.97. The van der Waals surface area contributed by atoms with E-state index in [9.17, 15) is 4.79 Å². The van der Waals surface area contributed by atoms with Crippen molar-refractivity contribution in [3.05, 3.63) is 17.5 Å². The number of carbonyl (C=O) groups is 1. The number of nitrogens with zero attached hydrogens (tertiary/aromatic N) is 1. The molecular weight excluding hydrogens is 268 g/mol. The lowest BCUT2D eigenvalue weighted by Crippen LogP contribution is -2.38. The third kappa shape index (κ3) is 3.94. The van der Waals surface area contributed by atoms with Crippen molar-refractivity contribution in [2.24, 2.45) is 5.92 Å². The monoisotopic (exact) mass is 286 g/mol. The van der Waals surface area contributed by atoms with Crippen molar-refractivity contribution in [1.29, 1.82) is 0 Å². The number of alkyl halides is 1. The molecule has 1 aliphatic carbocycles. The molecule has 1 amide bonds. The standard InChI is InChI=1S/C13H19ClN2O3/c1-18-8-11-6-12(16-19-11)13(17)15-10-4-2-3-9(5-10)7-14/h6,9-10H,2-5,7-8H2,1H3,(H,15,17). The van der Waals surface area contributed by atoms with Gasteiger partial charge in [-0.1, -0.05) is 11.6 Å². The molecular formula is C13H19ClN2O3. The Kier molecular flexibility index (Phi) is 5.22. The fourth-order valence-electron chi connectivity index (χ4n) is 2.45. The Morgan fingerprint density at radius 2 is 2.47 bits per heavy atom. The number of rotatable bonds is 5. The van der Waals surface area contributed by atoms with Crippen LogP contribution in [0.4, 0.5) is 0 Å². The molecule has 6 heteroatoms. The normalized spacial score (nSPS) is 23.3. The Morgan fingerprint density at radius 1 is 1.63 bits per heavy atom. The second-order valence-corrected chi connectivity index (χ2v) is 5.28. The van der Waals surface area contributed by atoms with Crippen LogP contribution in [-0.2, 0) is 11.3 Å². The molecule has 1 N–H and O–H groups in total. The van der Waals surface area contributed by atoms with E-state index in [0.29, 0.717) is 29.9 Å². The van der Waals surface area contributed by atoms with Gasteiger partial charge in [-0.05, 0) is 25.2 Å². The highest BCUT2D eigenvalue weighted by molar-refractivity contribution is 6.18. The first kappa shape index (κ1) is 14.3. The lowest BCUT2D eigenvalue weighted by Gasteiger charge is -2.28. The van der Waals surface area contributed by atoms with E-state index in [1.807, 2.05) is 0 Å². The predicted molar refractivity (Wildman–Crippen MR) is 71.1 cm³/mol. The molecule has 2 unspecified atom stereocenters. The van der Waals surface area contributed by atoms with Gasteiger partial charge in [-0.3, -0.25) is 4.79 Å². The van der Waals surface area contributed by atoms with Gasteiger partial charge < -0.3 is 14.6 Å². The summed E-state index contributed by atoms with van der Waals surface area (Å²) in [5.41, 5.74) is 0.306. The maximum atomic E-state index is 12.0. The zero-order valence-corrected chi connectivity index (χ0v) is 11.8. The molecule has 0 aromatic carbocycles. The zero-order valence-electron chi connectivity index (χ0n) is 11.0. The van der Waals surface area contributed by atoms with Crippen LogP contribution in [0.5, 0.6) is 0 Å². The number of methoxy groups -OCH3 is 1. The van der Waals surface area contributed by atoms with Crippen molar-refractivity contribution in [2.75, 3.05) is 13.0 Å². The Hall–Kier alpha value is -1.07. The molecule has 1 saturated carbocycles. The number of carbonyl (C=O) groups excluding carboxylic acids is 1. The summed E-state index contributed by atoms with van der Waals surface area (Å²) in [5, 5.41) is 6.74. The van der Waals surface area contributed by atoms with Crippen molar-refractivity contribution in [2.45, 2.75) is 38.3 Å². The molecule has 5 nitrogen and oxygen atoms in total.